The quantitative estimate of drug-likeness (QED) is 0.841. The molecule has 0 radical (unpaired) electrons. The van der Waals surface area contributed by atoms with Gasteiger partial charge in [-0.05, 0) is 38.3 Å². The zero-order valence-electron chi connectivity index (χ0n) is 14.1. The summed E-state index contributed by atoms with van der Waals surface area (Å²) < 4.78 is 17.7. The molecule has 1 fully saturated rings. The Morgan fingerprint density at radius 3 is 2.70 bits per heavy atom. The molecule has 0 aromatic heterocycles. The van der Waals surface area contributed by atoms with Gasteiger partial charge in [-0.25, -0.2) is 4.79 Å². The minimum absolute atomic E-state index is 0.142. The zero-order chi connectivity index (χ0) is 16.7. The number of para-hydroxylation sites is 1. The van der Waals surface area contributed by atoms with Crippen molar-refractivity contribution in [2.45, 2.75) is 63.9 Å². The van der Waals surface area contributed by atoms with Gasteiger partial charge < -0.3 is 19.9 Å². The number of ether oxygens (including phenoxy) is 3. The van der Waals surface area contributed by atoms with Crippen molar-refractivity contribution in [3.05, 3.63) is 30.3 Å². The number of rotatable bonds is 5. The Morgan fingerprint density at radius 1 is 1.26 bits per heavy atom. The smallest absolute Gasteiger partial charge is 0.365 e. The van der Waals surface area contributed by atoms with E-state index in [1.54, 1.807) is 0 Å². The van der Waals surface area contributed by atoms with Crippen LogP contribution >= 0.6 is 0 Å². The van der Waals surface area contributed by atoms with Crippen LogP contribution in [0.4, 0.5) is 0 Å². The van der Waals surface area contributed by atoms with E-state index in [-0.39, 0.29) is 30.3 Å². The van der Waals surface area contributed by atoms with Crippen LogP contribution in [0, 0.1) is 0 Å². The SMILES string of the molecule is CCCO[C@H]1[C@H](C)OC(=O)[C@@H]([NH3+])CCC[C@@H]1Oc1ccccc1. The Morgan fingerprint density at radius 2 is 2.00 bits per heavy atom. The second-order valence-corrected chi connectivity index (χ2v) is 6.07. The summed E-state index contributed by atoms with van der Waals surface area (Å²) in [5, 5.41) is 0. The Bertz CT molecular complexity index is 479. The molecule has 5 nitrogen and oxygen atoms in total. The first-order chi connectivity index (χ1) is 11.1. The molecule has 3 N–H and O–H groups in total. The highest BCUT2D eigenvalue weighted by molar-refractivity contribution is 5.74. The fourth-order valence-electron chi connectivity index (χ4n) is 2.79. The normalized spacial score (nSPS) is 29.1. The summed E-state index contributed by atoms with van der Waals surface area (Å²) in [5.74, 6) is 0.564. The topological polar surface area (TPSA) is 72.4 Å². The highest BCUT2D eigenvalue weighted by atomic mass is 16.6. The van der Waals surface area contributed by atoms with Gasteiger partial charge in [-0.15, -0.1) is 0 Å². The van der Waals surface area contributed by atoms with Crippen molar-refractivity contribution >= 4 is 5.97 Å². The fourth-order valence-corrected chi connectivity index (χ4v) is 2.79. The highest BCUT2D eigenvalue weighted by Gasteiger charge is 2.35. The molecule has 1 aliphatic heterocycles. The highest BCUT2D eigenvalue weighted by Crippen LogP contribution is 2.23. The van der Waals surface area contributed by atoms with Crippen LogP contribution in [0.2, 0.25) is 0 Å². The molecule has 1 aromatic rings. The van der Waals surface area contributed by atoms with E-state index in [9.17, 15) is 4.79 Å². The van der Waals surface area contributed by atoms with Gasteiger partial charge >= 0.3 is 5.97 Å². The number of hydrogen-bond acceptors (Lipinski definition) is 4. The van der Waals surface area contributed by atoms with Gasteiger partial charge in [0.25, 0.3) is 0 Å². The summed E-state index contributed by atoms with van der Waals surface area (Å²) in [6.45, 7) is 4.55. The number of quaternary nitrogens is 1. The zero-order valence-corrected chi connectivity index (χ0v) is 14.1. The van der Waals surface area contributed by atoms with Gasteiger partial charge in [0.05, 0.1) is 0 Å². The van der Waals surface area contributed by atoms with Crippen LogP contribution in [0.1, 0.15) is 39.5 Å². The van der Waals surface area contributed by atoms with E-state index in [0.717, 1.165) is 25.0 Å². The van der Waals surface area contributed by atoms with Gasteiger partial charge in [-0.3, -0.25) is 0 Å². The summed E-state index contributed by atoms with van der Waals surface area (Å²) in [7, 11) is 0. The van der Waals surface area contributed by atoms with Crippen molar-refractivity contribution in [1.82, 2.24) is 0 Å². The van der Waals surface area contributed by atoms with Crippen molar-refractivity contribution in [2.75, 3.05) is 6.61 Å². The standard InChI is InChI=1S/C18H27NO4/c1-3-12-21-17-13(2)22-18(20)15(19)10-7-11-16(17)23-14-8-5-4-6-9-14/h4-6,8-9,13,15-17H,3,7,10-12,19H2,1-2H3/p+1/t13-,15-,16-,17-/m0/s1. The van der Waals surface area contributed by atoms with Crippen LogP contribution in [-0.2, 0) is 14.3 Å². The summed E-state index contributed by atoms with van der Waals surface area (Å²) in [6, 6.07) is 9.40. The first-order valence-electron chi connectivity index (χ1n) is 8.48. The Labute approximate surface area is 138 Å². The van der Waals surface area contributed by atoms with Gasteiger partial charge in [0.2, 0.25) is 0 Å². The van der Waals surface area contributed by atoms with Crippen molar-refractivity contribution in [3.63, 3.8) is 0 Å². The average molecular weight is 322 g/mol. The first-order valence-corrected chi connectivity index (χ1v) is 8.48. The minimum atomic E-state index is -0.356. The molecule has 0 spiro atoms. The van der Waals surface area contributed by atoms with Crippen LogP contribution in [0.3, 0.4) is 0 Å². The molecular formula is C18H28NO4+. The van der Waals surface area contributed by atoms with E-state index in [1.807, 2.05) is 37.3 Å². The maximum atomic E-state index is 12.0. The van der Waals surface area contributed by atoms with Crippen molar-refractivity contribution in [3.8, 4) is 5.75 Å². The lowest BCUT2D eigenvalue weighted by atomic mass is 10.0. The van der Waals surface area contributed by atoms with Crippen LogP contribution in [0.5, 0.6) is 5.75 Å². The fraction of sp³-hybridized carbons (Fsp3) is 0.611. The molecule has 1 saturated heterocycles. The molecule has 0 amide bonds. The largest absolute Gasteiger partial charge is 0.488 e. The van der Waals surface area contributed by atoms with Crippen molar-refractivity contribution < 1.29 is 24.7 Å². The lowest BCUT2D eigenvalue weighted by Gasteiger charge is -2.31. The molecule has 128 valence electrons. The van der Waals surface area contributed by atoms with E-state index in [1.165, 1.54) is 0 Å². The second kappa shape index (κ2) is 8.89. The third-order valence-corrected chi connectivity index (χ3v) is 4.05. The van der Waals surface area contributed by atoms with E-state index < -0.39 is 0 Å². The van der Waals surface area contributed by atoms with E-state index >= 15 is 0 Å². The molecule has 0 saturated carbocycles. The first kappa shape index (κ1) is 17.8. The number of carbonyl (C=O) groups excluding carboxylic acids is 1. The van der Waals surface area contributed by atoms with Crippen LogP contribution in [0.25, 0.3) is 0 Å². The molecule has 0 bridgehead atoms. The summed E-state index contributed by atoms with van der Waals surface area (Å²) in [5.41, 5.74) is 3.90. The molecule has 0 aliphatic carbocycles. The predicted molar refractivity (Wildman–Crippen MR) is 87.0 cm³/mol. The van der Waals surface area contributed by atoms with Crippen molar-refractivity contribution in [1.29, 1.82) is 0 Å². The monoisotopic (exact) mass is 322 g/mol. The molecule has 5 heteroatoms. The van der Waals surface area contributed by atoms with E-state index in [4.69, 9.17) is 14.2 Å². The Balaban J connectivity index is 2.16. The molecule has 4 atom stereocenters. The van der Waals surface area contributed by atoms with Gasteiger partial charge in [-0.1, -0.05) is 25.1 Å². The van der Waals surface area contributed by atoms with E-state index in [0.29, 0.717) is 13.0 Å². The molecule has 23 heavy (non-hydrogen) atoms. The molecule has 1 aromatic carbocycles. The minimum Gasteiger partial charge on any atom is -0.488 e. The summed E-state index contributed by atoms with van der Waals surface area (Å²) in [4.78, 5) is 12.0. The Hall–Kier alpha value is -1.59. The van der Waals surface area contributed by atoms with Gasteiger partial charge in [0.15, 0.2) is 6.04 Å². The maximum absolute atomic E-state index is 12.0. The predicted octanol–water partition coefficient (Wildman–Crippen LogP) is 1.96. The third kappa shape index (κ3) is 5.22. The van der Waals surface area contributed by atoms with Crippen LogP contribution in [0.15, 0.2) is 30.3 Å². The Kier molecular flexibility index (Phi) is 6.86. The number of hydrogen-bond donors (Lipinski definition) is 1. The average Bonchev–Trinajstić information content (AvgIpc) is 2.59. The van der Waals surface area contributed by atoms with Gasteiger partial charge in [-0.2, -0.15) is 0 Å². The summed E-state index contributed by atoms with van der Waals surface area (Å²) in [6.07, 6.45) is 2.52. The number of carbonyl (C=O) groups is 1. The molecule has 1 heterocycles. The van der Waals surface area contributed by atoms with E-state index in [2.05, 4.69) is 12.7 Å². The summed E-state index contributed by atoms with van der Waals surface area (Å²) >= 11 is 0. The molecule has 2 rings (SSSR count). The molecule has 1 aliphatic rings. The molecular weight excluding hydrogens is 294 g/mol. The van der Waals surface area contributed by atoms with Crippen LogP contribution < -0.4 is 10.5 Å². The van der Waals surface area contributed by atoms with Crippen molar-refractivity contribution in [2.24, 2.45) is 0 Å². The maximum Gasteiger partial charge on any atom is 0.365 e. The number of cyclic esters (lactones) is 1. The third-order valence-electron chi connectivity index (χ3n) is 4.05. The van der Waals surface area contributed by atoms with Gasteiger partial charge in [0.1, 0.15) is 24.1 Å². The lowest BCUT2D eigenvalue weighted by molar-refractivity contribution is -0.410. The number of benzene rings is 1. The number of esters is 1. The second-order valence-electron chi connectivity index (χ2n) is 6.07. The van der Waals surface area contributed by atoms with Crippen LogP contribution in [-0.4, -0.2) is 36.9 Å². The lowest BCUT2D eigenvalue weighted by Crippen LogP contribution is -2.65. The molecule has 0 unspecified atom stereocenters. The van der Waals surface area contributed by atoms with Gasteiger partial charge in [0, 0.05) is 13.0 Å².